The summed E-state index contributed by atoms with van der Waals surface area (Å²) in [5.41, 5.74) is 5.62. The van der Waals surface area contributed by atoms with E-state index in [0.717, 1.165) is 0 Å². The van der Waals surface area contributed by atoms with Gasteiger partial charge in [-0.1, -0.05) is 0 Å². The number of furan rings is 2. The Labute approximate surface area is 140 Å². The molecule has 0 saturated carbocycles. The van der Waals surface area contributed by atoms with Crippen molar-refractivity contribution in [3.05, 3.63) is 72.1 Å². The fraction of sp³-hybridized carbons (Fsp3) is 0. The van der Waals surface area contributed by atoms with Crippen molar-refractivity contribution in [2.75, 3.05) is 0 Å². The van der Waals surface area contributed by atoms with Crippen molar-refractivity contribution in [2.45, 2.75) is 0 Å². The minimum Gasteiger partial charge on any atom is -0.472 e. The van der Waals surface area contributed by atoms with Gasteiger partial charge in [-0.25, -0.2) is 9.59 Å². The lowest BCUT2D eigenvalue weighted by Gasteiger charge is -2.08. The van der Waals surface area contributed by atoms with E-state index in [4.69, 9.17) is 24.0 Å². The lowest BCUT2D eigenvalue weighted by Crippen LogP contribution is -2.14. The number of carbonyl (C=O) groups is 3. The van der Waals surface area contributed by atoms with Gasteiger partial charge in [0.05, 0.1) is 23.7 Å². The van der Waals surface area contributed by atoms with Crippen molar-refractivity contribution in [1.29, 1.82) is 0 Å². The third-order valence-corrected chi connectivity index (χ3v) is 3.10. The largest absolute Gasteiger partial charge is 0.472 e. The predicted molar refractivity (Wildman–Crippen MR) is 82.3 cm³/mol. The van der Waals surface area contributed by atoms with Crippen LogP contribution in [0, 0.1) is 0 Å². The second kappa shape index (κ2) is 6.75. The minimum absolute atomic E-state index is 0.00693. The van der Waals surface area contributed by atoms with Crippen molar-refractivity contribution in [3.8, 4) is 11.5 Å². The fourth-order valence-corrected chi connectivity index (χ4v) is 1.93. The van der Waals surface area contributed by atoms with E-state index in [1.807, 2.05) is 0 Å². The topological polar surface area (TPSA) is 122 Å². The summed E-state index contributed by atoms with van der Waals surface area (Å²) in [6.45, 7) is 0. The van der Waals surface area contributed by atoms with Crippen molar-refractivity contribution in [3.63, 3.8) is 0 Å². The molecule has 2 aromatic heterocycles. The Hall–Kier alpha value is -3.81. The maximum Gasteiger partial charge on any atom is 0.346 e. The van der Waals surface area contributed by atoms with Gasteiger partial charge in [-0.05, 0) is 24.3 Å². The zero-order valence-corrected chi connectivity index (χ0v) is 12.6. The summed E-state index contributed by atoms with van der Waals surface area (Å²) in [5.74, 6) is -2.22. The Kier molecular flexibility index (Phi) is 4.34. The predicted octanol–water partition coefficient (Wildman–Crippen LogP) is 2.41. The van der Waals surface area contributed by atoms with Crippen LogP contribution in [0.25, 0.3) is 0 Å². The molecule has 0 fully saturated rings. The summed E-state index contributed by atoms with van der Waals surface area (Å²) in [5, 5.41) is 0. The standard InChI is InChI=1S/C17H11NO7/c18-15(19)12-5-13(24-16(20)10-1-3-22-8-10)7-14(6-12)25-17(21)11-2-4-23-9-11/h1-9H,(H2,18,19). The number of carbonyl (C=O) groups excluding carboxylic acids is 3. The highest BCUT2D eigenvalue weighted by Gasteiger charge is 2.16. The molecule has 1 amide bonds. The molecular formula is C17H11NO7. The van der Waals surface area contributed by atoms with E-state index >= 15 is 0 Å². The Balaban J connectivity index is 1.85. The molecule has 0 aliphatic rings. The van der Waals surface area contributed by atoms with Crippen LogP contribution in [0.1, 0.15) is 31.1 Å². The van der Waals surface area contributed by atoms with Gasteiger partial charge in [0.25, 0.3) is 0 Å². The van der Waals surface area contributed by atoms with Crippen LogP contribution in [-0.4, -0.2) is 17.8 Å². The minimum atomic E-state index is -0.776. The van der Waals surface area contributed by atoms with Crippen LogP contribution in [-0.2, 0) is 0 Å². The van der Waals surface area contributed by atoms with E-state index in [1.165, 1.54) is 55.4 Å². The maximum absolute atomic E-state index is 12.0. The third-order valence-electron chi connectivity index (χ3n) is 3.10. The first kappa shape index (κ1) is 16.1. The highest BCUT2D eigenvalue weighted by Crippen LogP contribution is 2.25. The molecule has 0 aliphatic carbocycles. The molecule has 3 rings (SSSR count). The first-order chi connectivity index (χ1) is 12.0. The molecule has 8 nitrogen and oxygen atoms in total. The number of amides is 1. The number of primary amides is 1. The summed E-state index contributed by atoms with van der Waals surface area (Å²) < 4.78 is 19.9. The average molecular weight is 341 g/mol. The van der Waals surface area contributed by atoms with Crippen molar-refractivity contribution in [2.24, 2.45) is 5.73 Å². The molecule has 0 spiro atoms. The Morgan fingerprint density at radius 2 is 1.24 bits per heavy atom. The summed E-state index contributed by atoms with van der Waals surface area (Å²) in [6.07, 6.45) is 5.04. The average Bonchev–Trinajstić information content (AvgIpc) is 3.28. The van der Waals surface area contributed by atoms with Crippen LogP contribution in [0.15, 0.2) is 64.2 Å². The van der Waals surface area contributed by atoms with Gasteiger partial charge in [-0.2, -0.15) is 0 Å². The molecule has 3 aromatic rings. The normalized spacial score (nSPS) is 10.2. The quantitative estimate of drug-likeness (QED) is 0.558. The van der Waals surface area contributed by atoms with E-state index in [-0.39, 0.29) is 28.2 Å². The van der Waals surface area contributed by atoms with Gasteiger partial charge in [0, 0.05) is 11.6 Å². The van der Waals surface area contributed by atoms with Crippen molar-refractivity contribution < 1.29 is 32.7 Å². The SMILES string of the molecule is NC(=O)c1cc(OC(=O)c2ccoc2)cc(OC(=O)c2ccoc2)c1. The first-order valence-corrected chi connectivity index (χ1v) is 6.96. The number of rotatable bonds is 5. The molecular weight excluding hydrogens is 330 g/mol. The number of hydrogen-bond acceptors (Lipinski definition) is 7. The number of hydrogen-bond donors (Lipinski definition) is 1. The van der Waals surface area contributed by atoms with E-state index < -0.39 is 17.8 Å². The van der Waals surface area contributed by atoms with E-state index in [2.05, 4.69) is 0 Å². The van der Waals surface area contributed by atoms with Gasteiger partial charge < -0.3 is 24.0 Å². The smallest absolute Gasteiger partial charge is 0.346 e. The molecule has 0 unspecified atom stereocenters. The molecule has 0 saturated heterocycles. The van der Waals surface area contributed by atoms with Crippen molar-refractivity contribution in [1.82, 2.24) is 0 Å². The molecule has 0 atom stereocenters. The van der Waals surface area contributed by atoms with Crippen LogP contribution >= 0.6 is 0 Å². The second-order valence-corrected chi connectivity index (χ2v) is 4.86. The Morgan fingerprint density at radius 3 is 1.60 bits per heavy atom. The molecule has 126 valence electrons. The molecule has 1 aromatic carbocycles. The summed E-state index contributed by atoms with van der Waals surface area (Å²) in [6, 6.07) is 6.63. The van der Waals surface area contributed by atoms with Crippen LogP contribution < -0.4 is 15.2 Å². The summed E-state index contributed by atoms with van der Waals surface area (Å²) >= 11 is 0. The summed E-state index contributed by atoms with van der Waals surface area (Å²) in [7, 11) is 0. The molecule has 2 N–H and O–H groups in total. The van der Waals surface area contributed by atoms with Gasteiger partial charge >= 0.3 is 11.9 Å². The van der Waals surface area contributed by atoms with E-state index in [1.54, 1.807) is 0 Å². The van der Waals surface area contributed by atoms with Crippen molar-refractivity contribution >= 4 is 17.8 Å². The lowest BCUT2D eigenvalue weighted by atomic mass is 10.2. The monoisotopic (exact) mass is 341 g/mol. The van der Waals surface area contributed by atoms with Crippen LogP contribution in [0.2, 0.25) is 0 Å². The zero-order chi connectivity index (χ0) is 17.8. The number of esters is 2. The third kappa shape index (κ3) is 3.75. The molecule has 25 heavy (non-hydrogen) atoms. The molecule has 8 heteroatoms. The molecule has 0 aliphatic heterocycles. The lowest BCUT2D eigenvalue weighted by molar-refractivity contribution is 0.0730. The highest BCUT2D eigenvalue weighted by molar-refractivity contribution is 5.95. The number of nitrogens with two attached hydrogens (primary N) is 1. The highest BCUT2D eigenvalue weighted by atomic mass is 16.5. The van der Waals surface area contributed by atoms with Crippen LogP contribution in [0.5, 0.6) is 11.5 Å². The van der Waals surface area contributed by atoms with Gasteiger partial charge in [0.2, 0.25) is 5.91 Å². The van der Waals surface area contributed by atoms with Gasteiger partial charge in [0.15, 0.2) is 0 Å². The van der Waals surface area contributed by atoms with Gasteiger partial charge in [-0.15, -0.1) is 0 Å². The van der Waals surface area contributed by atoms with E-state index in [0.29, 0.717) is 0 Å². The maximum atomic E-state index is 12.0. The van der Waals surface area contributed by atoms with Crippen LogP contribution in [0.4, 0.5) is 0 Å². The fourth-order valence-electron chi connectivity index (χ4n) is 1.93. The number of ether oxygens (including phenoxy) is 2. The second-order valence-electron chi connectivity index (χ2n) is 4.86. The number of benzene rings is 1. The summed E-state index contributed by atoms with van der Waals surface area (Å²) in [4.78, 5) is 35.4. The van der Waals surface area contributed by atoms with E-state index in [9.17, 15) is 14.4 Å². The van der Waals surface area contributed by atoms with Gasteiger partial charge in [-0.3, -0.25) is 4.79 Å². The first-order valence-electron chi connectivity index (χ1n) is 6.96. The molecule has 0 radical (unpaired) electrons. The zero-order valence-electron chi connectivity index (χ0n) is 12.6. The Morgan fingerprint density at radius 1 is 0.760 bits per heavy atom. The Bertz CT molecular complexity index is 844. The van der Waals surface area contributed by atoms with Crippen LogP contribution in [0.3, 0.4) is 0 Å². The molecule has 0 bridgehead atoms. The molecule has 2 heterocycles. The van der Waals surface area contributed by atoms with Gasteiger partial charge in [0.1, 0.15) is 24.0 Å².